The molecule has 4 aromatic rings. The zero-order valence-electron chi connectivity index (χ0n) is 29.4. The Morgan fingerprint density at radius 3 is 1.70 bits per heavy atom. The van der Waals surface area contributed by atoms with Gasteiger partial charge in [0.15, 0.2) is 0 Å². The molecule has 1 saturated heterocycles. The molecule has 1 aliphatic heterocycles. The monoisotopic (exact) mass is 733 g/mol. The normalized spacial score (nSPS) is 20.6. The largest absolute Gasteiger partial charge is 0.464 e. The fraction of sp³-hybridized carbons (Fsp3) is 0.366. The van der Waals surface area contributed by atoms with Gasteiger partial charge in [-0.15, -0.1) is 0 Å². The number of hydrogen-bond acceptors (Lipinski definition) is 9. The van der Waals surface area contributed by atoms with Gasteiger partial charge in [0.2, 0.25) is 0 Å². The lowest BCUT2D eigenvalue weighted by Crippen LogP contribution is -2.65. The minimum atomic E-state index is -3.92. The van der Waals surface area contributed by atoms with Crippen LogP contribution in [0.3, 0.4) is 0 Å². The number of carbonyl (C=O) groups excluding carboxylic acids is 2. The zero-order chi connectivity index (χ0) is 37.5. The van der Waals surface area contributed by atoms with E-state index in [1.807, 2.05) is 91.0 Å². The van der Waals surface area contributed by atoms with E-state index >= 15 is 8.78 Å². The second-order valence-electron chi connectivity index (χ2n) is 12.6. The van der Waals surface area contributed by atoms with Gasteiger partial charge in [0.05, 0.1) is 33.0 Å². The lowest BCUT2D eigenvalue weighted by atomic mass is 9.89. The lowest BCUT2D eigenvalue weighted by Gasteiger charge is -2.46. The van der Waals surface area contributed by atoms with Crippen molar-refractivity contribution in [2.45, 2.75) is 82.3 Å². The van der Waals surface area contributed by atoms with E-state index in [2.05, 4.69) is 5.32 Å². The number of benzene rings is 4. The zero-order valence-corrected chi connectivity index (χ0v) is 29.4. The molecule has 12 heteroatoms. The fourth-order valence-corrected chi connectivity index (χ4v) is 5.94. The number of aliphatic hydroxyl groups excluding tert-OH is 1. The van der Waals surface area contributed by atoms with Gasteiger partial charge in [0, 0.05) is 6.42 Å². The summed E-state index contributed by atoms with van der Waals surface area (Å²) in [6.07, 6.45) is -10.0. The molecule has 1 aliphatic rings. The molecule has 1 fully saturated rings. The molecule has 0 aliphatic carbocycles. The number of nitrogens with one attached hydrogen (secondary N) is 1. The Morgan fingerprint density at radius 2 is 1.19 bits per heavy atom. The highest BCUT2D eigenvalue weighted by atomic mass is 19.3. The molecule has 53 heavy (non-hydrogen) atoms. The molecule has 4 aromatic carbocycles. The first-order valence-corrected chi connectivity index (χ1v) is 17.5. The number of hydrogen-bond donors (Lipinski definition) is 2. The summed E-state index contributed by atoms with van der Waals surface area (Å²) in [7, 11) is 0. The number of amides is 1. The van der Waals surface area contributed by atoms with Crippen molar-refractivity contribution >= 4 is 12.1 Å². The third-order valence-electron chi connectivity index (χ3n) is 8.59. The summed E-state index contributed by atoms with van der Waals surface area (Å²) in [5.41, 5.74) is 3.06. The molecule has 2 N–H and O–H groups in total. The van der Waals surface area contributed by atoms with Crippen LogP contribution in [0.2, 0.25) is 0 Å². The third-order valence-corrected chi connectivity index (χ3v) is 8.59. The van der Waals surface area contributed by atoms with Crippen LogP contribution in [0.25, 0.3) is 0 Å². The van der Waals surface area contributed by atoms with Crippen LogP contribution < -0.4 is 5.32 Å². The van der Waals surface area contributed by atoms with E-state index in [0.717, 1.165) is 16.7 Å². The number of halogens is 2. The summed E-state index contributed by atoms with van der Waals surface area (Å²) in [4.78, 5) is 25.7. The molecule has 5 rings (SSSR count). The first-order valence-electron chi connectivity index (χ1n) is 17.5. The van der Waals surface area contributed by atoms with Gasteiger partial charge in [0.1, 0.15) is 43.2 Å². The molecule has 1 heterocycles. The molecule has 0 bridgehead atoms. The van der Waals surface area contributed by atoms with E-state index in [9.17, 15) is 14.7 Å². The van der Waals surface area contributed by atoms with Gasteiger partial charge >= 0.3 is 12.1 Å². The predicted octanol–water partition coefficient (Wildman–Crippen LogP) is 6.39. The quantitative estimate of drug-likeness (QED) is 0.112. The van der Waals surface area contributed by atoms with Crippen LogP contribution in [0.5, 0.6) is 0 Å². The van der Waals surface area contributed by atoms with Gasteiger partial charge in [-0.3, -0.25) is 0 Å². The van der Waals surface area contributed by atoms with E-state index in [0.29, 0.717) is 5.56 Å². The van der Waals surface area contributed by atoms with Crippen LogP contribution in [0, 0.1) is 0 Å². The Balaban J connectivity index is 1.39. The number of carbonyl (C=O) groups is 2. The van der Waals surface area contributed by atoms with Gasteiger partial charge < -0.3 is 38.8 Å². The molecule has 0 unspecified atom stereocenters. The smallest absolute Gasteiger partial charge is 0.408 e. The summed E-state index contributed by atoms with van der Waals surface area (Å²) in [6, 6.07) is 34.5. The van der Waals surface area contributed by atoms with Gasteiger partial charge in [-0.1, -0.05) is 121 Å². The minimum Gasteiger partial charge on any atom is -0.464 e. The maximum atomic E-state index is 16.6. The second kappa shape index (κ2) is 19.9. The van der Waals surface area contributed by atoms with Crippen molar-refractivity contribution in [3.05, 3.63) is 144 Å². The second-order valence-corrected chi connectivity index (χ2v) is 12.6. The third kappa shape index (κ3) is 11.9. The molecular formula is C41H45F2NO9. The summed E-state index contributed by atoms with van der Waals surface area (Å²) >= 11 is 0. The van der Waals surface area contributed by atoms with Crippen LogP contribution in [-0.4, -0.2) is 72.9 Å². The van der Waals surface area contributed by atoms with E-state index in [4.69, 9.17) is 28.4 Å². The predicted molar refractivity (Wildman–Crippen MR) is 191 cm³/mol. The number of esters is 1. The summed E-state index contributed by atoms with van der Waals surface area (Å²) in [6.45, 7) is 1.25. The molecule has 1 amide bonds. The van der Waals surface area contributed by atoms with Crippen LogP contribution in [0.4, 0.5) is 13.6 Å². The van der Waals surface area contributed by atoms with Crippen LogP contribution in [0.1, 0.15) is 35.6 Å². The van der Waals surface area contributed by atoms with E-state index in [1.54, 1.807) is 30.3 Å². The first kappa shape index (κ1) is 39.5. The van der Waals surface area contributed by atoms with Crippen molar-refractivity contribution in [2.75, 3.05) is 13.2 Å². The van der Waals surface area contributed by atoms with Gasteiger partial charge in [0.25, 0.3) is 5.92 Å². The number of aliphatic hydroxyl groups is 1. The Bertz CT molecular complexity index is 1670. The molecule has 0 saturated carbocycles. The Labute approximate surface area is 307 Å². The van der Waals surface area contributed by atoms with Crippen LogP contribution >= 0.6 is 0 Å². The highest BCUT2D eigenvalue weighted by Gasteiger charge is 2.57. The van der Waals surface area contributed by atoms with E-state index in [-0.39, 0.29) is 39.6 Å². The van der Waals surface area contributed by atoms with Gasteiger partial charge in [-0.25, -0.2) is 18.4 Å². The Kier molecular flexibility index (Phi) is 14.8. The van der Waals surface area contributed by atoms with E-state index in [1.165, 1.54) is 6.92 Å². The van der Waals surface area contributed by atoms with Crippen molar-refractivity contribution in [3.8, 4) is 0 Å². The van der Waals surface area contributed by atoms with E-state index < -0.39 is 61.0 Å². The molecule has 0 aromatic heterocycles. The fourth-order valence-electron chi connectivity index (χ4n) is 5.94. The standard InChI is InChI=1S/C41H45F2NO9/c1-2-49-39(46)33(44-40(47)52-27-32-21-13-6-14-22-32)23-41(42,43)38-35(45)37(51-26-31-19-11-5-12-20-31)36(50-25-30-17-9-4-10-18-30)34(53-38)28-48-24-29-15-7-3-8-16-29/h3-22,33-38,45H,2,23-28H2,1H3,(H,44,47)/t33-,34+,35+,36-,37+,38-/m0/s1. The van der Waals surface area contributed by atoms with Crippen molar-refractivity contribution in [1.29, 1.82) is 0 Å². The Hall–Kier alpha value is -4.72. The average molecular weight is 734 g/mol. The molecule has 0 spiro atoms. The summed E-state index contributed by atoms with van der Waals surface area (Å²) in [5, 5.41) is 13.9. The van der Waals surface area contributed by atoms with Crippen LogP contribution in [0.15, 0.2) is 121 Å². The molecule has 0 radical (unpaired) electrons. The Morgan fingerprint density at radius 1 is 0.717 bits per heavy atom. The number of rotatable bonds is 18. The number of alkyl halides is 2. The topological polar surface area (TPSA) is 122 Å². The van der Waals surface area contributed by atoms with Crippen molar-refractivity contribution in [1.82, 2.24) is 5.32 Å². The number of alkyl carbamates (subject to hydrolysis) is 1. The SMILES string of the molecule is CCOC(=O)[C@H](CC(F)(F)[C@H]1O[C@H](COCc2ccccc2)[C@H](OCc2ccccc2)[C@H](OCc2ccccc2)[C@H]1O)NC(=O)OCc1ccccc1. The highest BCUT2D eigenvalue weighted by Crippen LogP contribution is 2.38. The lowest BCUT2D eigenvalue weighted by molar-refractivity contribution is -0.301. The van der Waals surface area contributed by atoms with Gasteiger partial charge in [-0.05, 0) is 29.2 Å². The van der Waals surface area contributed by atoms with Crippen LogP contribution in [-0.2, 0) is 59.6 Å². The molecule has 282 valence electrons. The molecule has 6 atom stereocenters. The van der Waals surface area contributed by atoms with Crippen molar-refractivity contribution < 1.29 is 51.9 Å². The minimum absolute atomic E-state index is 0.0239. The average Bonchev–Trinajstić information content (AvgIpc) is 3.17. The molecular weight excluding hydrogens is 688 g/mol. The first-order chi connectivity index (χ1) is 25.7. The maximum Gasteiger partial charge on any atom is 0.408 e. The van der Waals surface area contributed by atoms with Gasteiger partial charge in [-0.2, -0.15) is 0 Å². The highest BCUT2D eigenvalue weighted by molar-refractivity contribution is 5.81. The summed E-state index contributed by atoms with van der Waals surface area (Å²) < 4.78 is 67.9. The van der Waals surface area contributed by atoms with Crippen molar-refractivity contribution in [2.24, 2.45) is 0 Å². The maximum absolute atomic E-state index is 16.6. The molecule has 10 nitrogen and oxygen atoms in total. The number of ether oxygens (including phenoxy) is 6. The van der Waals surface area contributed by atoms with Crippen molar-refractivity contribution in [3.63, 3.8) is 0 Å². The summed E-state index contributed by atoms with van der Waals surface area (Å²) in [5.74, 6) is -5.02.